The molecule has 22 heavy (non-hydrogen) atoms. The zero-order valence-corrected chi connectivity index (χ0v) is 12.7. The molecule has 0 saturated heterocycles. The van der Waals surface area contributed by atoms with Gasteiger partial charge in [0.05, 0.1) is 21.8 Å². The standard InChI is InChI=1S/C17H14N2O2S/c1-11(16-10-13-4-2-3-5-15(13)22-16)18-19-14-8-6-12(7-9-14)17(20)21/h2-10,19H,1H3,(H,20,21). The number of aromatic carboxylic acids is 1. The second-order valence-electron chi connectivity index (χ2n) is 4.84. The lowest BCUT2D eigenvalue weighted by atomic mass is 10.2. The van der Waals surface area contributed by atoms with Crippen LogP contribution in [0.4, 0.5) is 5.69 Å². The van der Waals surface area contributed by atoms with Gasteiger partial charge in [-0.15, -0.1) is 11.3 Å². The lowest BCUT2D eigenvalue weighted by Crippen LogP contribution is -1.99. The second-order valence-corrected chi connectivity index (χ2v) is 5.92. The molecule has 0 amide bonds. The van der Waals surface area contributed by atoms with Gasteiger partial charge in [-0.25, -0.2) is 4.79 Å². The summed E-state index contributed by atoms with van der Waals surface area (Å²) in [6.45, 7) is 1.95. The van der Waals surface area contributed by atoms with Crippen LogP contribution >= 0.6 is 11.3 Å². The molecule has 0 radical (unpaired) electrons. The van der Waals surface area contributed by atoms with Crippen LogP contribution in [0.25, 0.3) is 10.1 Å². The van der Waals surface area contributed by atoms with Gasteiger partial charge in [-0.3, -0.25) is 5.43 Å². The Labute approximate surface area is 131 Å². The molecule has 0 aliphatic carbocycles. The van der Waals surface area contributed by atoms with E-state index in [9.17, 15) is 4.79 Å². The van der Waals surface area contributed by atoms with Gasteiger partial charge >= 0.3 is 5.97 Å². The van der Waals surface area contributed by atoms with Crippen LogP contribution in [-0.4, -0.2) is 16.8 Å². The van der Waals surface area contributed by atoms with Gasteiger partial charge in [0.25, 0.3) is 0 Å². The van der Waals surface area contributed by atoms with E-state index in [4.69, 9.17) is 5.11 Å². The first-order chi connectivity index (χ1) is 10.6. The molecule has 5 heteroatoms. The number of anilines is 1. The summed E-state index contributed by atoms with van der Waals surface area (Å²) in [5.74, 6) is -0.934. The van der Waals surface area contributed by atoms with Gasteiger partial charge in [0.2, 0.25) is 0 Å². The van der Waals surface area contributed by atoms with Crippen LogP contribution in [0, 0.1) is 0 Å². The Hall–Kier alpha value is -2.66. The van der Waals surface area contributed by atoms with Crippen molar-refractivity contribution >= 4 is 38.8 Å². The maximum Gasteiger partial charge on any atom is 0.335 e. The molecule has 1 aromatic heterocycles. The van der Waals surface area contributed by atoms with Crippen molar-refractivity contribution in [3.63, 3.8) is 0 Å². The molecule has 0 atom stereocenters. The first-order valence-corrected chi connectivity index (χ1v) is 7.58. The van der Waals surface area contributed by atoms with Crippen molar-refractivity contribution in [2.75, 3.05) is 5.43 Å². The number of hydrazone groups is 1. The molecule has 0 spiro atoms. The highest BCUT2D eigenvalue weighted by Gasteiger charge is 2.04. The van der Waals surface area contributed by atoms with Gasteiger partial charge in [-0.1, -0.05) is 18.2 Å². The molecule has 0 fully saturated rings. The van der Waals surface area contributed by atoms with E-state index in [1.165, 1.54) is 10.1 Å². The van der Waals surface area contributed by atoms with E-state index < -0.39 is 5.97 Å². The highest BCUT2D eigenvalue weighted by molar-refractivity contribution is 7.20. The molecule has 0 unspecified atom stereocenters. The van der Waals surface area contributed by atoms with Gasteiger partial charge in [0.1, 0.15) is 0 Å². The number of benzene rings is 2. The summed E-state index contributed by atoms with van der Waals surface area (Å²) in [6, 6.07) is 16.8. The number of nitrogens with one attached hydrogen (secondary N) is 1. The quantitative estimate of drug-likeness (QED) is 0.553. The van der Waals surface area contributed by atoms with Crippen molar-refractivity contribution < 1.29 is 9.90 Å². The zero-order valence-electron chi connectivity index (χ0n) is 11.9. The minimum Gasteiger partial charge on any atom is -0.478 e. The van der Waals surface area contributed by atoms with Crippen LogP contribution in [0.2, 0.25) is 0 Å². The van der Waals surface area contributed by atoms with Gasteiger partial charge in [0.15, 0.2) is 0 Å². The van der Waals surface area contributed by atoms with Gasteiger partial charge in [-0.05, 0) is 48.7 Å². The van der Waals surface area contributed by atoms with Crippen molar-refractivity contribution in [2.24, 2.45) is 5.10 Å². The number of thiophene rings is 1. The Bertz CT molecular complexity index is 817. The molecule has 0 bridgehead atoms. The Morgan fingerprint density at radius 1 is 1.14 bits per heavy atom. The molecular formula is C17H14N2O2S. The number of carboxylic acids is 1. The lowest BCUT2D eigenvalue weighted by Gasteiger charge is -2.02. The maximum atomic E-state index is 10.8. The summed E-state index contributed by atoms with van der Waals surface area (Å²) in [6.07, 6.45) is 0. The maximum absolute atomic E-state index is 10.8. The second kappa shape index (κ2) is 5.99. The third-order valence-electron chi connectivity index (χ3n) is 3.27. The first kappa shape index (κ1) is 14.3. The summed E-state index contributed by atoms with van der Waals surface area (Å²) >= 11 is 1.70. The molecule has 4 nitrogen and oxygen atoms in total. The molecule has 2 aromatic carbocycles. The normalized spacial score (nSPS) is 11.6. The molecule has 110 valence electrons. The van der Waals surface area contributed by atoms with E-state index in [1.807, 2.05) is 19.1 Å². The molecule has 0 aliphatic rings. The topological polar surface area (TPSA) is 61.7 Å². The average Bonchev–Trinajstić information content (AvgIpc) is 2.97. The van der Waals surface area contributed by atoms with Crippen molar-refractivity contribution in [2.45, 2.75) is 6.92 Å². The highest BCUT2D eigenvalue weighted by atomic mass is 32.1. The van der Waals surface area contributed by atoms with E-state index in [1.54, 1.807) is 35.6 Å². The van der Waals surface area contributed by atoms with Crippen molar-refractivity contribution in [1.82, 2.24) is 0 Å². The lowest BCUT2D eigenvalue weighted by molar-refractivity contribution is 0.0697. The smallest absolute Gasteiger partial charge is 0.335 e. The number of rotatable bonds is 4. The monoisotopic (exact) mass is 310 g/mol. The fourth-order valence-corrected chi connectivity index (χ4v) is 3.06. The van der Waals surface area contributed by atoms with Crippen LogP contribution in [0.5, 0.6) is 0 Å². The molecule has 3 rings (SSSR count). The zero-order chi connectivity index (χ0) is 15.5. The number of carboxylic acid groups (broad SMARTS) is 1. The van der Waals surface area contributed by atoms with Crippen molar-refractivity contribution in [1.29, 1.82) is 0 Å². The summed E-state index contributed by atoms with van der Waals surface area (Å²) in [5, 5.41) is 14.4. The summed E-state index contributed by atoms with van der Waals surface area (Å²) in [7, 11) is 0. The Kier molecular flexibility index (Phi) is 3.89. The number of hydrogen-bond donors (Lipinski definition) is 2. The SMILES string of the molecule is CC(=NNc1ccc(C(=O)O)cc1)c1cc2ccccc2s1. The van der Waals surface area contributed by atoms with E-state index >= 15 is 0 Å². The Balaban J connectivity index is 1.77. The minimum absolute atomic E-state index is 0.260. The van der Waals surface area contributed by atoms with Crippen molar-refractivity contribution in [3.8, 4) is 0 Å². The predicted molar refractivity (Wildman–Crippen MR) is 91.1 cm³/mol. The summed E-state index contributed by atoms with van der Waals surface area (Å²) in [4.78, 5) is 11.9. The van der Waals surface area contributed by atoms with E-state index in [-0.39, 0.29) is 5.56 Å². The molecule has 1 heterocycles. The fraction of sp³-hybridized carbons (Fsp3) is 0.0588. The van der Waals surface area contributed by atoms with Gasteiger partial charge < -0.3 is 5.11 Å². The third kappa shape index (κ3) is 2.99. The predicted octanol–water partition coefficient (Wildman–Crippen LogP) is 4.44. The van der Waals surface area contributed by atoms with Gasteiger partial charge in [0, 0.05) is 4.70 Å². The molecular weight excluding hydrogens is 296 g/mol. The average molecular weight is 310 g/mol. The number of fused-ring (bicyclic) bond motifs is 1. The molecule has 0 saturated carbocycles. The van der Waals surface area contributed by atoms with Crippen LogP contribution in [0.1, 0.15) is 22.2 Å². The van der Waals surface area contributed by atoms with Crippen LogP contribution < -0.4 is 5.43 Å². The van der Waals surface area contributed by atoms with Crippen LogP contribution in [-0.2, 0) is 0 Å². The van der Waals surface area contributed by atoms with E-state index in [0.29, 0.717) is 0 Å². The largest absolute Gasteiger partial charge is 0.478 e. The van der Waals surface area contributed by atoms with Crippen LogP contribution in [0.3, 0.4) is 0 Å². The van der Waals surface area contributed by atoms with Crippen LogP contribution in [0.15, 0.2) is 59.7 Å². The fourth-order valence-electron chi connectivity index (χ4n) is 2.05. The molecule has 3 aromatic rings. The Morgan fingerprint density at radius 3 is 2.55 bits per heavy atom. The molecule has 0 aliphatic heterocycles. The summed E-state index contributed by atoms with van der Waals surface area (Å²) < 4.78 is 1.23. The number of nitrogens with zero attached hydrogens (tertiary/aromatic N) is 1. The van der Waals surface area contributed by atoms with E-state index in [2.05, 4.69) is 28.7 Å². The van der Waals surface area contributed by atoms with Crippen molar-refractivity contribution in [3.05, 3.63) is 65.0 Å². The van der Waals surface area contributed by atoms with Gasteiger partial charge in [-0.2, -0.15) is 5.10 Å². The Morgan fingerprint density at radius 2 is 1.86 bits per heavy atom. The highest BCUT2D eigenvalue weighted by Crippen LogP contribution is 2.25. The van der Waals surface area contributed by atoms with E-state index in [0.717, 1.165) is 16.3 Å². The minimum atomic E-state index is -0.934. The summed E-state index contributed by atoms with van der Waals surface area (Å²) in [5.41, 5.74) is 4.86. The third-order valence-corrected chi connectivity index (χ3v) is 4.49. The first-order valence-electron chi connectivity index (χ1n) is 6.76. The number of hydrogen-bond acceptors (Lipinski definition) is 4. The number of carbonyl (C=O) groups is 1. The molecule has 2 N–H and O–H groups in total.